The topological polar surface area (TPSA) is 90.5 Å². The first kappa shape index (κ1) is 19.6. The number of aromatic amines is 1. The van der Waals surface area contributed by atoms with Gasteiger partial charge in [-0.25, -0.2) is 0 Å². The molecule has 0 unspecified atom stereocenters. The number of para-hydroxylation sites is 2. The Morgan fingerprint density at radius 3 is 2.36 bits per heavy atom. The minimum absolute atomic E-state index is 0.0395. The number of carbonyl (C=O) groups is 2. The van der Waals surface area contributed by atoms with Crippen molar-refractivity contribution in [1.29, 1.82) is 0 Å². The Kier molecular flexibility index (Phi) is 4.06. The zero-order valence-electron chi connectivity index (χ0n) is 17.4. The number of phenols is 1. The van der Waals surface area contributed by atoms with E-state index in [1.807, 2.05) is 42.5 Å². The third-order valence-electron chi connectivity index (χ3n) is 8.01. The molecule has 6 nitrogen and oxygen atoms in total. The summed E-state index contributed by atoms with van der Waals surface area (Å²) in [5.41, 5.74) is 1.43. The number of nitrogens with zero attached hydrogens (tertiary/aromatic N) is 1. The zero-order chi connectivity index (χ0) is 22.4. The number of aromatic hydroxyl groups is 1. The lowest BCUT2D eigenvalue weighted by Crippen LogP contribution is -2.42. The van der Waals surface area contributed by atoms with Crippen LogP contribution in [0.2, 0.25) is 0 Å². The fourth-order valence-electron chi connectivity index (χ4n) is 6.95. The third kappa shape index (κ3) is 2.53. The van der Waals surface area contributed by atoms with Crippen LogP contribution in [0.3, 0.4) is 0 Å². The number of aromatic nitrogens is 1. The van der Waals surface area contributed by atoms with Crippen LogP contribution in [0.5, 0.6) is 5.75 Å². The van der Waals surface area contributed by atoms with Crippen molar-refractivity contribution in [3.8, 4) is 5.75 Å². The quantitative estimate of drug-likeness (QED) is 0.549. The minimum Gasteiger partial charge on any atom is -0.508 e. The summed E-state index contributed by atoms with van der Waals surface area (Å²) >= 11 is 2.85. The monoisotopic (exact) mass is 476 g/mol. The highest BCUT2D eigenvalue weighted by molar-refractivity contribution is 8.00. The molecule has 166 valence electrons. The number of anilines is 1. The van der Waals surface area contributed by atoms with Crippen LogP contribution in [-0.2, 0) is 9.59 Å². The molecule has 2 bridgehead atoms. The zero-order valence-corrected chi connectivity index (χ0v) is 19.0. The van der Waals surface area contributed by atoms with E-state index in [-0.39, 0.29) is 63.2 Å². The van der Waals surface area contributed by atoms with E-state index >= 15 is 0 Å². The highest BCUT2D eigenvalue weighted by Gasteiger charge is 2.69. The summed E-state index contributed by atoms with van der Waals surface area (Å²) in [5, 5.41) is 11.7. The van der Waals surface area contributed by atoms with Crippen molar-refractivity contribution in [2.75, 3.05) is 4.90 Å². The first-order chi connectivity index (χ1) is 16.0. The van der Waals surface area contributed by atoms with Gasteiger partial charge in [0.15, 0.2) is 0 Å². The highest BCUT2D eigenvalue weighted by atomic mass is 32.2. The van der Waals surface area contributed by atoms with Gasteiger partial charge in [0, 0.05) is 21.6 Å². The number of imide groups is 1. The molecular weight excluding hydrogens is 456 g/mol. The fraction of sp³-hybridized carbons (Fsp3) is 0.320. The maximum absolute atomic E-state index is 13.6. The molecule has 2 N–H and O–H groups in total. The van der Waals surface area contributed by atoms with Crippen molar-refractivity contribution in [2.24, 2.45) is 29.6 Å². The molecule has 7 rings (SSSR count). The van der Waals surface area contributed by atoms with E-state index in [9.17, 15) is 19.5 Å². The number of phenolic OH excluding ortho intramolecular Hbond substituents is 1. The molecule has 1 aromatic heterocycles. The van der Waals surface area contributed by atoms with Crippen LogP contribution in [-0.4, -0.2) is 27.2 Å². The van der Waals surface area contributed by atoms with Gasteiger partial charge >= 0.3 is 4.87 Å². The van der Waals surface area contributed by atoms with E-state index in [0.29, 0.717) is 5.69 Å². The van der Waals surface area contributed by atoms with E-state index in [0.717, 1.165) is 21.9 Å². The van der Waals surface area contributed by atoms with Gasteiger partial charge in [0.2, 0.25) is 11.8 Å². The number of carbonyl (C=O) groups excluding carboxylic acids is 2. The molecule has 2 amide bonds. The van der Waals surface area contributed by atoms with Crippen molar-refractivity contribution in [3.05, 3.63) is 74.7 Å². The maximum atomic E-state index is 13.6. The van der Waals surface area contributed by atoms with Crippen LogP contribution >= 0.6 is 23.1 Å². The van der Waals surface area contributed by atoms with E-state index in [2.05, 4.69) is 4.98 Å². The van der Waals surface area contributed by atoms with Crippen LogP contribution in [0.25, 0.3) is 0 Å². The summed E-state index contributed by atoms with van der Waals surface area (Å²) in [7, 11) is 0. The van der Waals surface area contributed by atoms with Crippen LogP contribution in [0, 0.1) is 29.6 Å². The molecule has 2 aliphatic heterocycles. The summed E-state index contributed by atoms with van der Waals surface area (Å²) in [5.74, 6) is -0.602. The van der Waals surface area contributed by atoms with Gasteiger partial charge in [0.1, 0.15) is 5.75 Å². The first-order valence-electron chi connectivity index (χ1n) is 11.1. The summed E-state index contributed by atoms with van der Waals surface area (Å²) in [4.78, 5) is 44.6. The van der Waals surface area contributed by atoms with Gasteiger partial charge in [-0.1, -0.05) is 47.7 Å². The molecule has 3 heterocycles. The highest BCUT2D eigenvalue weighted by Crippen LogP contribution is 2.69. The van der Waals surface area contributed by atoms with Crippen molar-refractivity contribution in [3.63, 3.8) is 0 Å². The first-order valence-corrected chi connectivity index (χ1v) is 12.8. The van der Waals surface area contributed by atoms with Crippen LogP contribution in [0.15, 0.2) is 64.4 Å². The number of H-pyrrole nitrogens is 1. The number of thioether (sulfide) groups is 1. The Hall–Kier alpha value is -2.84. The van der Waals surface area contributed by atoms with Gasteiger partial charge in [-0.15, -0.1) is 11.8 Å². The number of amides is 2. The second-order valence-electron chi connectivity index (χ2n) is 9.37. The molecule has 2 aromatic carbocycles. The van der Waals surface area contributed by atoms with Gasteiger partial charge < -0.3 is 10.1 Å². The Bertz CT molecular complexity index is 1370. The second-order valence-corrected chi connectivity index (χ2v) is 11.6. The SMILES string of the molecule is O=C1[C@@H]2[C@H]3C[C@@H]([C@@H]2C(=O)N1c1ccccc1)[C@@H]1[C@@H](c2ccccc2O)c2sc(=O)[nH]c2S[C@@H]31. The van der Waals surface area contributed by atoms with Crippen LogP contribution in [0.4, 0.5) is 5.69 Å². The average Bonchev–Trinajstić information content (AvgIpc) is 3.54. The largest absolute Gasteiger partial charge is 0.508 e. The van der Waals surface area contributed by atoms with Gasteiger partial charge in [-0.2, -0.15) is 0 Å². The summed E-state index contributed by atoms with van der Waals surface area (Å²) in [6, 6.07) is 16.5. The molecule has 3 fully saturated rings. The van der Waals surface area contributed by atoms with E-state index in [1.54, 1.807) is 23.9 Å². The lowest BCUT2D eigenvalue weighted by molar-refractivity contribution is -0.123. The second kappa shape index (κ2) is 6.84. The Morgan fingerprint density at radius 2 is 1.61 bits per heavy atom. The van der Waals surface area contributed by atoms with Gasteiger partial charge in [-0.05, 0) is 42.4 Å². The maximum Gasteiger partial charge on any atom is 0.305 e. The molecule has 0 spiro atoms. The van der Waals surface area contributed by atoms with Crippen LogP contribution in [0.1, 0.15) is 22.8 Å². The molecule has 7 atom stereocenters. The van der Waals surface area contributed by atoms with Gasteiger partial charge in [0.05, 0.1) is 22.5 Å². The predicted octanol–water partition coefficient (Wildman–Crippen LogP) is 3.82. The van der Waals surface area contributed by atoms with Crippen LogP contribution < -0.4 is 9.77 Å². The smallest absolute Gasteiger partial charge is 0.305 e. The summed E-state index contributed by atoms with van der Waals surface area (Å²) in [6.45, 7) is 0. The number of rotatable bonds is 2. The minimum atomic E-state index is -0.338. The lowest BCUT2D eigenvalue weighted by Gasteiger charge is -2.43. The molecule has 0 radical (unpaired) electrons. The number of hydrogen-bond donors (Lipinski definition) is 2. The molecule has 1 saturated heterocycles. The number of fused-ring (bicyclic) bond motifs is 9. The summed E-state index contributed by atoms with van der Waals surface area (Å²) < 4.78 is 0. The Morgan fingerprint density at radius 1 is 0.909 bits per heavy atom. The molecule has 8 heteroatoms. The van der Waals surface area contributed by atoms with Crippen molar-refractivity contribution < 1.29 is 14.7 Å². The molecule has 2 saturated carbocycles. The molecule has 2 aliphatic carbocycles. The van der Waals surface area contributed by atoms with E-state index in [1.165, 1.54) is 16.2 Å². The number of nitrogens with one attached hydrogen (secondary N) is 1. The molecule has 33 heavy (non-hydrogen) atoms. The molecule has 4 aliphatic rings. The molecule has 3 aromatic rings. The van der Waals surface area contributed by atoms with Gasteiger partial charge in [-0.3, -0.25) is 19.3 Å². The van der Waals surface area contributed by atoms with E-state index < -0.39 is 0 Å². The number of thiazole rings is 1. The fourth-order valence-corrected chi connectivity index (χ4v) is 9.83. The number of benzene rings is 2. The van der Waals surface area contributed by atoms with Crippen molar-refractivity contribution in [1.82, 2.24) is 4.98 Å². The summed E-state index contributed by atoms with van der Waals surface area (Å²) in [6.07, 6.45) is 0.834. The predicted molar refractivity (Wildman–Crippen MR) is 126 cm³/mol. The Labute approximate surface area is 197 Å². The van der Waals surface area contributed by atoms with Crippen molar-refractivity contribution in [2.45, 2.75) is 22.6 Å². The van der Waals surface area contributed by atoms with E-state index in [4.69, 9.17) is 0 Å². The van der Waals surface area contributed by atoms with Gasteiger partial charge in [0.25, 0.3) is 0 Å². The molecular formula is C25H20N2O4S2. The number of hydrogen-bond acceptors (Lipinski definition) is 6. The standard InChI is InChI=1S/C25H20N2O4S2/c28-15-9-5-4-8-12(15)16-17-13-10-14(20(17)32-22-21(16)33-25(31)26-22)19-18(13)23(29)27(24(19)30)11-6-2-1-3-7-11/h1-9,13-14,16-20,28H,10H2,(H,26,31)/t13-,14-,16-,17-,18+,19-,20+/m1/s1. The third-order valence-corrected chi connectivity index (χ3v) is 10.6. The Balaban J connectivity index is 1.36. The lowest BCUT2D eigenvalue weighted by atomic mass is 9.68. The van der Waals surface area contributed by atoms with Crippen molar-refractivity contribution >= 4 is 40.6 Å². The normalized spacial score (nSPS) is 33.8. The average molecular weight is 477 g/mol.